The lowest BCUT2D eigenvalue weighted by Gasteiger charge is -2.23. The van der Waals surface area contributed by atoms with E-state index in [-0.39, 0.29) is 22.4 Å². The molecular formula is C13H18N2O3S. The van der Waals surface area contributed by atoms with Crippen molar-refractivity contribution in [3.05, 3.63) is 24.0 Å². The number of pyridine rings is 1. The van der Waals surface area contributed by atoms with Crippen molar-refractivity contribution < 1.29 is 14.7 Å². The molecule has 0 spiro atoms. The zero-order valence-electron chi connectivity index (χ0n) is 11.4. The summed E-state index contributed by atoms with van der Waals surface area (Å²) in [6, 6.07) is 3.16. The lowest BCUT2D eigenvalue weighted by molar-refractivity contribution is -0.121. The number of carbonyl (C=O) groups is 2. The van der Waals surface area contributed by atoms with Gasteiger partial charge in [-0.05, 0) is 39.8 Å². The first-order valence-electron chi connectivity index (χ1n) is 5.87. The average molecular weight is 282 g/mol. The Morgan fingerprint density at radius 1 is 1.42 bits per heavy atom. The first-order valence-corrected chi connectivity index (χ1v) is 6.75. The fourth-order valence-electron chi connectivity index (χ4n) is 1.33. The van der Waals surface area contributed by atoms with E-state index in [1.807, 2.05) is 20.8 Å². The third kappa shape index (κ3) is 5.30. The van der Waals surface area contributed by atoms with Gasteiger partial charge in [0.05, 0.1) is 5.25 Å². The normalized spacial score (nSPS) is 12.8. The van der Waals surface area contributed by atoms with Gasteiger partial charge < -0.3 is 10.4 Å². The predicted octanol–water partition coefficient (Wildman–Crippen LogP) is 2.18. The number of carboxylic acids is 1. The maximum atomic E-state index is 11.9. The predicted molar refractivity (Wildman–Crippen MR) is 74.4 cm³/mol. The molecule has 19 heavy (non-hydrogen) atoms. The molecule has 1 heterocycles. The minimum Gasteiger partial charge on any atom is -0.477 e. The van der Waals surface area contributed by atoms with Gasteiger partial charge in [0.1, 0.15) is 5.69 Å². The molecule has 0 aliphatic heterocycles. The zero-order chi connectivity index (χ0) is 14.6. The largest absolute Gasteiger partial charge is 0.477 e. The Kier molecular flexibility index (Phi) is 4.94. The molecule has 5 nitrogen and oxygen atoms in total. The van der Waals surface area contributed by atoms with Gasteiger partial charge in [0.15, 0.2) is 0 Å². The summed E-state index contributed by atoms with van der Waals surface area (Å²) < 4.78 is 0. The second-order valence-electron chi connectivity index (χ2n) is 5.18. The van der Waals surface area contributed by atoms with Crippen molar-refractivity contribution in [2.24, 2.45) is 0 Å². The summed E-state index contributed by atoms with van der Waals surface area (Å²) in [6.45, 7) is 7.53. The molecule has 104 valence electrons. The van der Waals surface area contributed by atoms with Crippen LogP contribution in [-0.4, -0.2) is 32.8 Å². The van der Waals surface area contributed by atoms with Crippen molar-refractivity contribution in [3.63, 3.8) is 0 Å². The van der Waals surface area contributed by atoms with Crippen molar-refractivity contribution in [1.82, 2.24) is 10.3 Å². The van der Waals surface area contributed by atoms with Crippen LogP contribution < -0.4 is 5.32 Å². The van der Waals surface area contributed by atoms with Gasteiger partial charge in [0.25, 0.3) is 0 Å². The molecule has 1 unspecified atom stereocenters. The lowest BCUT2D eigenvalue weighted by Crippen LogP contribution is -2.44. The van der Waals surface area contributed by atoms with Crippen molar-refractivity contribution in [2.75, 3.05) is 0 Å². The van der Waals surface area contributed by atoms with Crippen LogP contribution in [0.1, 0.15) is 38.2 Å². The molecule has 0 aromatic carbocycles. The van der Waals surface area contributed by atoms with Crippen LogP contribution in [0.2, 0.25) is 0 Å². The maximum absolute atomic E-state index is 11.9. The monoisotopic (exact) mass is 282 g/mol. The zero-order valence-corrected chi connectivity index (χ0v) is 12.2. The summed E-state index contributed by atoms with van der Waals surface area (Å²) in [5.74, 6) is -1.15. The van der Waals surface area contributed by atoms with Gasteiger partial charge in [-0.3, -0.25) is 4.79 Å². The highest BCUT2D eigenvalue weighted by molar-refractivity contribution is 8.00. The number of aromatic nitrogens is 1. The summed E-state index contributed by atoms with van der Waals surface area (Å²) >= 11 is 1.31. The molecule has 0 saturated heterocycles. The standard InChI is InChI=1S/C13H18N2O3S/c1-8(11(16)15-13(2,3)4)19-9-5-6-14-10(7-9)12(17)18/h5-8H,1-4H3,(H,15,16)(H,17,18). The molecule has 0 bridgehead atoms. The van der Waals surface area contributed by atoms with Gasteiger partial charge in [0.2, 0.25) is 5.91 Å². The molecular weight excluding hydrogens is 264 g/mol. The molecule has 0 aliphatic carbocycles. The van der Waals surface area contributed by atoms with Gasteiger partial charge in [0, 0.05) is 16.6 Å². The number of nitrogens with zero attached hydrogens (tertiary/aromatic N) is 1. The van der Waals surface area contributed by atoms with E-state index >= 15 is 0 Å². The van der Waals surface area contributed by atoms with Crippen LogP contribution in [0.5, 0.6) is 0 Å². The molecule has 1 aromatic heterocycles. The first-order chi connectivity index (χ1) is 8.69. The van der Waals surface area contributed by atoms with E-state index in [0.717, 1.165) is 0 Å². The summed E-state index contributed by atoms with van der Waals surface area (Å²) in [5.41, 5.74) is -0.301. The van der Waals surface area contributed by atoms with Crippen LogP contribution in [-0.2, 0) is 4.79 Å². The quantitative estimate of drug-likeness (QED) is 0.827. The number of nitrogens with one attached hydrogen (secondary N) is 1. The van der Waals surface area contributed by atoms with Crippen LogP contribution in [0.3, 0.4) is 0 Å². The molecule has 0 fully saturated rings. The molecule has 1 amide bonds. The van der Waals surface area contributed by atoms with Crippen LogP contribution in [0.15, 0.2) is 23.2 Å². The van der Waals surface area contributed by atoms with E-state index in [2.05, 4.69) is 10.3 Å². The van der Waals surface area contributed by atoms with E-state index in [1.165, 1.54) is 24.0 Å². The fourth-order valence-corrected chi connectivity index (χ4v) is 2.22. The molecule has 0 saturated carbocycles. The Hall–Kier alpha value is -1.56. The van der Waals surface area contributed by atoms with Crippen LogP contribution in [0.4, 0.5) is 0 Å². The van der Waals surface area contributed by atoms with Crippen LogP contribution >= 0.6 is 11.8 Å². The van der Waals surface area contributed by atoms with Crippen molar-refractivity contribution >= 4 is 23.6 Å². The van der Waals surface area contributed by atoms with Crippen molar-refractivity contribution in [2.45, 2.75) is 43.4 Å². The van der Waals surface area contributed by atoms with Gasteiger partial charge in [-0.1, -0.05) is 0 Å². The highest BCUT2D eigenvalue weighted by atomic mass is 32.2. The van der Waals surface area contributed by atoms with Crippen molar-refractivity contribution in [3.8, 4) is 0 Å². The minimum atomic E-state index is -1.07. The SMILES string of the molecule is CC(Sc1ccnc(C(=O)O)c1)C(=O)NC(C)(C)C. The molecule has 0 aliphatic rings. The first kappa shape index (κ1) is 15.5. The number of carboxylic acid groups (broad SMARTS) is 1. The molecule has 1 rings (SSSR count). The highest BCUT2D eigenvalue weighted by Gasteiger charge is 2.20. The third-order valence-electron chi connectivity index (χ3n) is 2.13. The van der Waals surface area contributed by atoms with E-state index in [1.54, 1.807) is 13.0 Å². The molecule has 1 aromatic rings. The lowest BCUT2D eigenvalue weighted by atomic mass is 10.1. The number of carbonyl (C=O) groups excluding carboxylic acids is 1. The second kappa shape index (κ2) is 6.06. The van der Waals surface area contributed by atoms with Gasteiger partial charge >= 0.3 is 5.97 Å². The molecule has 2 N–H and O–H groups in total. The fraction of sp³-hybridized carbons (Fsp3) is 0.462. The Bertz CT molecular complexity index is 483. The van der Waals surface area contributed by atoms with Crippen LogP contribution in [0.25, 0.3) is 0 Å². The summed E-state index contributed by atoms with van der Waals surface area (Å²) in [6.07, 6.45) is 1.43. The Morgan fingerprint density at radius 2 is 2.05 bits per heavy atom. The Labute approximate surface area is 116 Å². The Morgan fingerprint density at radius 3 is 2.58 bits per heavy atom. The third-order valence-corrected chi connectivity index (χ3v) is 3.22. The molecule has 6 heteroatoms. The number of rotatable bonds is 4. The average Bonchev–Trinajstić information content (AvgIpc) is 2.27. The van der Waals surface area contributed by atoms with Crippen LogP contribution in [0, 0.1) is 0 Å². The van der Waals surface area contributed by atoms with E-state index in [4.69, 9.17) is 5.11 Å². The smallest absolute Gasteiger partial charge is 0.354 e. The number of thioether (sulfide) groups is 1. The number of hydrogen-bond donors (Lipinski definition) is 2. The topological polar surface area (TPSA) is 79.3 Å². The summed E-state index contributed by atoms with van der Waals surface area (Å²) in [7, 11) is 0. The van der Waals surface area contributed by atoms with Gasteiger partial charge in [-0.25, -0.2) is 9.78 Å². The summed E-state index contributed by atoms with van der Waals surface area (Å²) in [5, 5.41) is 11.4. The summed E-state index contributed by atoms with van der Waals surface area (Å²) in [4.78, 5) is 27.2. The van der Waals surface area contributed by atoms with E-state index < -0.39 is 5.97 Å². The number of hydrogen-bond acceptors (Lipinski definition) is 4. The van der Waals surface area contributed by atoms with E-state index in [0.29, 0.717) is 4.90 Å². The van der Waals surface area contributed by atoms with Gasteiger partial charge in [-0.15, -0.1) is 11.8 Å². The minimum absolute atomic E-state index is 0.0200. The van der Waals surface area contributed by atoms with E-state index in [9.17, 15) is 9.59 Å². The molecule has 0 radical (unpaired) electrons. The second-order valence-corrected chi connectivity index (χ2v) is 6.60. The maximum Gasteiger partial charge on any atom is 0.354 e. The molecule has 1 atom stereocenters. The van der Waals surface area contributed by atoms with Crippen molar-refractivity contribution in [1.29, 1.82) is 0 Å². The van der Waals surface area contributed by atoms with Gasteiger partial charge in [-0.2, -0.15) is 0 Å². The number of amides is 1. The highest BCUT2D eigenvalue weighted by Crippen LogP contribution is 2.23. The Balaban J connectivity index is 2.71. The number of aromatic carboxylic acids is 1.